The minimum absolute atomic E-state index is 0.0210. The number of rotatable bonds is 22. The van der Waals surface area contributed by atoms with Crippen LogP contribution in [0.5, 0.6) is 11.5 Å². The van der Waals surface area contributed by atoms with Crippen molar-refractivity contribution in [3.8, 4) is 22.6 Å². The molecule has 2 atom stereocenters. The van der Waals surface area contributed by atoms with Crippen molar-refractivity contribution in [3.05, 3.63) is 131 Å². The number of hydrogen-bond acceptors (Lipinski definition) is 12. The fourth-order valence-corrected chi connectivity index (χ4v) is 9.87. The van der Waals surface area contributed by atoms with E-state index >= 15 is 0 Å². The number of benzene rings is 5. The Kier molecular flexibility index (Phi) is 18.6. The first-order valence-corrected chi connectivity index (χ1v) is 26.3. The van der Waals surface area contributed by atoms with Gasteiger partial charge in [-0.2, -0.15) is 0 Å². The summed E-state index contributed by atoms with van der Waals surface area (Å²) in [5.74, 6) is -4.39. The molecule has 0 spiro atoms. The summed E-state index contributed by atoms with van der Waals surface area (Å²) in [5.41, 5.74) is 8.02. The zero-order valence-corrected chi connectivity index (χ0v) is 44.8. The van der Waals surface area contributed by atoms with Gasteiger partial charge in [0, 0.05) is 18.9 Å². The topological polar surface area (TPSA) is 240 Å². The fourth-order valence-electron chi connectivity index (χ4n) is 9.87. The van der Waals surface area contributed by atoms with Gasteiger partial charge in [0.15, 0.2) is 24.7 Å². The van der Waals surface area contributed by atoms with Gasteiger partial charge in [-0.05, 0) is 124 Å². The summed E-state index contributed by atoms with van der Waals surface area (Å²) in [6.45, 7) is 9.46. The van der Waals surface area contributed by atoms with Crippen LogP contribution in [0, 0.1) is 0 Å². The Labute approximate surface area is 449 Å². The molecule has 77 heavy (non-hydrogen) atoms. The van der Waals surface area contributed by atoms with Gasteiger partial charge in [0.05, 0.1) is 6.42 Å². The van der Waals surface area contributed by atoms with Gasteiger partial charge in [-0.25, -0.2) is 14.4 Å². The highest BCUT2D eigenvalue weighted by Crippen LogP contribution is 2.44. The molecule has 1 fully saturated rings. The lowest BCUT2D eigenvalue weighted by molar-refractivity contribution is -0.158. The molecular weight excluding hydrogens is 983 g/mol. The van der Waals surface area contributed by atoms with Crippen molar-refractivity contribution in [2.24, 2.45) is 5.73 Å². The Morgan fingerprint density at radius 2 is 1.26 bits per heavy atom. The minimum atomic E-state index is -1.57. The van der Waals surface area contributed by atoms with Gasteiger partial charge in [0.2, 0.25) is 23.6 Å². The van der Waals surface area contributed by atoms with E-state index in [1.165, 1.54) is 12.1 Å². The molecule has 0 aliphatic heterocycles. The maximum Gasteiger partial charge on any atom is 0.407 e. The molecule has 0 bridgehead atoms. The molecule has 0 radical (unpaired) electrons. The summed E-state index contributed by atoms with van der Waals surface area (Å²) in [6, 6.07) is 31.7. The van der Waals surface area contributed by atoms with Gasteiger partial charge in [-0.1, -0.05) is 116 Å². The van der Waals surface area contributed by atoms with Crippen LogP contribution in [-0.4, -0.2) is 96.9 Å². The molecule has 1 saturated carbocycles. The van der Waals surface area contributed by atoms with Gasteiger partial charge in [-0.3, -0.25) is 19.2 Å². The number of amides is 5. The number of primary amides is 1. The van der Waals surface area contributed by atoms with Gasteiger partial charge < -0.3 is 50.7 Å². The van der Waals surface area contributed by atoms with E-state index in [0.29, 0.717) is 31.2 Å². The molecule has 408 valence electrons. The molecule has 0 unspecified atom stereocenters. The fraction of sp³-hybridized carbons (Fsp3) is 0.417. The summed E-state index contributed by atoms with van der Waals surface area (Å²) in [5, 5.41) is 13.5. The molecule has 0 heterocycles. The van der Waals surface area contributed by atoms with E-state index < -0.39 is 90.1 Å². The lowest BCUT2D eigenvalue weighted by atomic mass is 9.80. The van der Waals surface area contributed by atoms with Gasteiger partial charge >= 0.3 is 18.0 Å². The number of nitrogens with one attached hydrogen (secondary N) is 4. The van der Waals surface area contributed by atoms with Crippen LogP contribution in [-0.2, 0) is 55.8 Å². The second-order valence-electron chi connectivity index (χ2n) is 21.6. The normalized spacial score (nSPS) is 14.6. The highest BCUT2D eigenvalue weighted by atomic mass is 16.6. The molecule has 0 saturated heterocycles. The van der Waals surface area contributed by atoms with Crippen molar-refractivity contribution < 1.29 is 57.2 Å². The van der Waals surface area contributed by atoms with Crippen LogP contribution in [0.2, 0.25) is 0 Å². The molecule has 6 N–H and O–H groups in total. The molecule has 5 aromatic rings. The molecule has 2 aliphatic carbocycles. The molecule has 0 aromatic heterocycles. The number of carbonyl (C=O) groups excluding carboxylic acids is 7. The van der Waals surface area contributed by atoms with Crippen molar-refractivity contribution in [1.82, 2.24) is 21.3 Å². The van der Waals surface area contributed by atoms with Crippen LogP contribution >= 0.6 is 0 Å². The van der Waals surface area contributed by atoms with Crippen molar-refractivity contribution in [1.29, 1.82) is 0 Å². The standard InChI is InChI=1S/C60H71N5O12/c1-58(2,3)76-52(67)36-73-49-28-27-38(33-50(49)74-37-53(68)77-59(4,5)6)32-47(64-57(72)75-35-46-44-25-12-10-23-42(44)43-24-11-13-26-45(43)46)55(70)65-60(29-14-7-15-30-60)56(71)63-48(34-51(61)66)54(69)62-31-17-21-40-20-16-19-39-18-8-9-22-41(39)40/h8-13,16,18-20,22-28,33,46-48H,7,14-15,17,21,29-32,34-37H2,1-6H3,(H2,61,66)(H,62,69)(H,63,71)(H,64,72)(H,65,70)/t47-,48-/m0/s1. The van der Waals surface area contributed by atoms with E-state index in [4.69, 9.17) is 29.4 Å². The van der Waals surface area contributed by atoms with Crippen LogP contribution in [0.4, 0.5) is 4.79 Å². The smallest absolute Gasteiger partial charge is 0.407 e. The first-order chi connectivity index (χ1) is 36.7. The van der Waals surface area contributed by atoms with Gasteiger partial charge in [-0.15, -0.1) is 0 Å². The van der Waals surface area contributed by atoms with Crippen LogP contribution in [0.1, 0.15) is 115 Å². The molecule has 5 amide bonds. The third-order valence-electron chi connectivity index (χ3n) is 13.3. The summed E-state index contributed by atoms with van der Waals surface area (Å²) >= 11 is 0. The number of carbonyl (C=O) groups is 7. The van der Waals surface area contributed by atoms with Crippen molar-refractivity contribution >= 4 is 52.4 Å². The average Bonchev–Trinajstić information content (AvgIpc) is 3.80. The van der Waals surface area contributed by atoms with E-state index in [2.05, 4.69) is 21.3 Å². The number of aryl methyl sites for hydroxylation is 1. The zero-order chi connectivity index (χ0) is 55.3. The van der Waals surface area contributed by atoms with E-state index in [9.17, 15) is 33.6 Å². The van der Waals surface area contributed by atoms with Crippen molar-refractivity contribution in [2.45, 2.75) is 134 Å². The largest absolute Gasteiger partial charge is 0.478 e. The highest BCUT2D eigenvalue weighted by molar-refractivity contribution is 5.98. The Balaban J connectivity index is 1.12. The van der Waals surface area contributed by atoms with Crippen LogP contribution in [0.3, 0.4) is 0 Å². The van der Waals surface area contributed by atoms with Crippen LogP contribution in [0.25, 0.3) is 21.9 Å². The highest BCUT2D eigenvalue weighted by Gasteiger charge is 2.44. The minimum Gasteiger partial charge on any atom is -0.478 e. The zero-order valence-electron chi connectivity index (χ0n) is 44.8. The van der Waals surface area contributed by atoms with E-state index in [1.54, 1.807) is 47.6 Å². The van der Waals surface area contributed by atoms with Gasteiger partial charge in [0.1, 0.15) is 35.4 Å². The molecule has 5 aromatic carbocycles. The maximum absolute atomic E-state index is 14.9. The average molecular weight is 1050 g/mol. The molecule has 17 heteroatoms. The summed E-state index contributed by atoms with van der Waals surface area (Å²) in [6.07, 6.45) is 1.87. The number of hydrogen-bond donors (Lipinski definition) is 5. The number of nitrogens with two attached hydrogens (primary N) is 1. The van der Waals surface area contributed by atoms with Crippen LogP contribution in [0.15, 0.2) is 109 Å². The predicted molar refractivity (Wildman–Crippen MR) is 290 cm³/mol. The first kappa shape index (κ1) is 56.8. The number of ether oxygens (including phenoxy) is 5. The van der Waals surface area contributed by atoms with E-state index in [-0.39, 0.29) is 49.8 Å². The molecule has 7 rings (SSSR count). The van der Waals surface area contributed by atoms with E-state index in [1.807, 2.05) is 91.0 Å². The quantitative estimate of drug-likeness (QED) is 0.0255. The van der Waals surface area contributed by atoms with Crippen molar-refractivity contribution in [3.63, 3.8) is 0 Å². The Hall–Kier alpha value is -7.95. The third-order valence-corrected chi connectivity index (χ3v) is 13.3. The summed E-state index contributed by atoms with van der Waals surface area (Å²) < 4.78 is 28.6. The summed E-state index contributed by atoms with van der Waals surface area (Å²) in [4.78, 5) is 95.3. The van der Waals surface area contributed by atoms with Crippen molar-refractivity contribution in [2.75, 3.05) is 26.4 Å². The van der Waals surface area contributed by atoms with E-state index in [0.717, 1.165) is 45.0 Å². The molecular formula is C60H71N5O12. The van der Waals surface area contributed by atoms with Gasteiger partial charge in [0.25, 0.3) is 0 Å². The number of esters is 2. The SMILES string of the molecule is CC(C)(C)OC(=O)COc1ccc(C[C@H](NC(=O)OCC2c3ccccc3-c3ccccc32)C(=O)NC2(C(=O)N[C@@H](CC(N)=O)C(=O)NCCCc3cccc4ccccc34)CCCCC2)cc1OCC(=O)OC(C)(C)C. The third kappa shape index (κ3) is 15.8. The molecule has 17 nitrogen and oxygen atoms in total. The maximum atomic E-state index is 14.9. The second kappa shape index (κ2) is 25.3. The molecule has 2 aliphatic rings. The lowest BCUT2D eigenvalue weighted by Gasteiger charge is -2.38. The predicted octanol–water partition coefficient (Wildman–Crippen LogP) is 7.66. The monoisotopic (exact) mass is 1050 g/mol. The van der Waals surface area contributed by atoms with Crippen LogP contribution < -0.4 is 36.5 Å². The Bertz CT molecular complexity index is 2900. The Morgan fingerprint density at radius 3 is 1.90 bits per heavy atom. The Morgan fingerprint density at radius 1 is 0.662 bits per heavy atom. The first-order valence-electron chi connectivity index (χ1n) is 26.3. The number of fused-ring (bicyclic) bond motifs is 4. The second-order valence-corrected chi connectivity index (χ2v) is 21.6. The lowest BCUT2D eigenvalue weighted by Crippen LogP contribution is -2.65. The summed E-state index contributed by atoms with van der Waals surface area (Å²) in [7, 11) is 0. The number of alkyl carbamates (subject to hydrolysis) is 1.